The van der Waals surface area contributed by atoms with Crippen LogP contribution in [-0.2, 0) is 19.0 Å². The number of carboxylic acid groups (broad SMARTS) is 1. The second kappa shape index (κ2) is 14.7. The highest BCUT2D eigenvalue weighted by molar-refractivity contribution is 5.89. The van der Waals surface area contributed by atoms with Gasteiger partial charge in [0.25, 0.3) is 0 Å². The molecule has 0 amide bonds. The molecule has 2 aromatic rings. The summed E-state index contributed by atoms with van der Waals surface area (Å²) in [7, 11) is 0. The molecular weight excluding hydrogens is 546 g/mol. The van der Waals surface area contributed by atoms with Gasteiger partial charge in [0.15, 0.2) is 11.5 Å². The molecule has 0 aliphatic rings. The van der Waals surface area contributed by atoms with E-state index in [4.69, 9.17) is 29.4 Å². The minimum Gasteiger partial charge on any atom is -0.480 e. The molecular formula is C31H41NO10. The smallest absolute Gasteiger partial charge is 0.480 e. The first-order chi connectivity index (χ1) is 19.6. The monoisotopic (exact) mass is 587 g/mol. The molecule has 2 unspecified atom stereocenters. The van der Waals surface area contributed by atoms with Crippen molar-refractivity contribution in [2.45, 2.75) is 97.0 Å². The van der Waals surface area contributed by atoms with Crippen molar-refractivity contribution < 1.29 is 48.0 Å². The van der Waals surface area contributed by atoms with E-state index >= 15 is 0 Å². The number of nitrogens with two attached hydrogens (primary N) is 1. The van der Waals surface area contributed by atoms with Gasteiger partial charge in [-0.2, -0.15) is 0 Å². The van der Waals surface area contributed by atoms with Crippen LogP contribution in [0.4, 0.5) is 9.59 Å². The van der Waals surface area contributed by atoms with Crippen LogP contribution in [0.5, 0.6) is 11.5 Å². The molecule has 0 radical (unpaired) electrons. The van der Waals surface area contributed by atoms with Crippen LogP contribution in [0.15, 0.2) is 48.5 Å². The lowest BCUT2D eigenvalue weighted by atomic mass is 9.87. The molecule has 230 valence electrons. The van der Waals surface area contributed by atoms with Gasteiger partial charge in [-0.15, -0.1) is 0 Å². The molecule has 0 saturated carbocycles. The Morgan fingerprint density at radius 3 is 1.86 bits per heavy atom. The Kier molecular flexibility index (Phi) is 11.9. The van der Waals surface area contributed by atoms with Crippen LogP contribution in [0.3, 0.4) is 0 Å². The minimum atomic E-state index is -1.41. The third-order valence-corrected chi connectivity index (χ3v) is 6.83. The summed E-state index contributed by atoms with van der Waals surface area (Å²) >= 11 is 0. The maximum absolute atomic E-state index is 12.7. The van der Waals surface area contributed by atoms with Crippen molar-refractivity contribution in [3.8, 4) is 11.5 Å². The van der Waals surface area contributed by atoms with Gasteiger partial charge in [-0.05, 0) is 83.7 Å². The van der Waals surface area contributed by atoms with E-state index < -0.39 is 53.5 Å². The number of carbonyl (C=O) groups excluding carboxylic acids is 3. The van der Waals surface area contributed by atoms with Crippen molar-refractivity contribution in [2.75, 3.05) is 0 Å². The first kappa shape index (κ1) is 34.1. The number of carboxylic acids is 1. The highest BCUT2D eigenvalue weighted by Gasteiger charge is 2.31. The second-order valence-electron chi connectivity index (χ2n) is 11.1. The standard InChI is InChI=1S/C31H41NO10/c1-8-30(4,5)41-28(36)39-23-16-15-21(18-24(23)40-29(37)42-31(6,7)9-2)22(25(32)26(33)34)17-19(3)38-27(35)20-13-11-10-12-14-20/h10-16,18-19,22,25H,8-9,17,32H2,1-7H3,(H,33,34)/t19?,22?,25-/m0/s1. The number of benzene rings is 2. The molecule has 0 aliphatic heterocycles. The first-order valence-electron chi connectivity index (χ1n) is 13.8. The second-order valence-corrected chi connectivity index (χ2v) is 11.1. The maximum atomic E-state index is 12.7. The SMILES string of the molecule is CCC(C)(C)OC(=O)Oc1ccc(C(CC(C)OC(=O)c2ccccc2)[C@H](N)C(=O)O)cc1OC(=O)OC(C)(C)CC. The lowest BCUT2D eigenvalue weighted by molar-refractivity contribution is -0.139. The third-order valence-electron chi connectivity index (χ3n) is 6.83. The summed E-state index contributed by atoms with van der Waals surface area (Å²) in [6.07, 6.45) is -1.79. The molecule has 0 fully saturated rings. The van der Waals surface area contributed by atoms with E-state index in [9.17, 15) is 24.3 Å². The topological polar surface area (TPSA) is 161 Å². The van der Waals surface area contributed by atoms with Crippen molar-refractivity contribution in [2.24, 2.45) is 5.73 Å². The van der Waals surface area contributed by atoms with E-state index in [1.165, 1.54) is 18.2 Å². The predicted molar refractivity (Wildman–Crippen MR) is 154 cm³/mol. The Hall–Kier alpha value is -4.12. The van der Waals surface area contributed by atoms with E-state index in [1.54, 1.807) is 65.0 Å². The summed E-state index contributed by atoms with van der Waals surface area (Å²) in [4.78, 5) is 49.7. The van der Waals surface area contributed by atoms with E-state index in [-0.39, 0.29) is 17.9 Å². The lowest BCUT2D eigenvalue weighted by Crippen LogP contribution is -2.38. The average Bonchev–Trinajstić information content (AvgIpc) is 2.92. The summed E-state index contributed by atoms with van der Waals surface area (Å²) in [5.41, 5.74) is 5.08. The molecule has 2 rings (SSSR count). The molecule has 42 heavy (non-hydrogen) atoms. The van der Waals surface area contributed by atoms with Crippen LogP contribution in [-0.4, -0.2) is 52.7 Å². The van der Waals surface area contributed by atoms with Gasteiger partial charge in [0.05, 0.1) is 5.56 Å². The number of hydrogen-bond acceptors (Lipinski definition) is 10. The zero-order valence-electron chi connectivity index (χ0n) is 25.2. The quantitative estimate of drug-likeness (QED) is 0.155. The minimum absolute atomic E-state index is 0.0196. The van der Waals surface area contributed by atoms with Gasteiger partial charge in [0, 0.05) is 5.92 Å². The molecule has 3 atom stereocenters. The van der Waals surface area contributed by atoms with Gasteiger partial charge in [-0.1, -0.05) is 38.1 Å². The van der Waals surface area contributed by atoms with Crippen molar-refractivity contribution in [3.63, 3.8) is 0 Å². The highest BCUT2D eigenvalue weighted by Crippen LogP contribution is 2.35. The van der Waals surface area contributed by atoms with E-state index in [0.29, 0.717) is 24.0 Å². The Morgan fingerprint density at radius 1 is 0.833 bits per heavy atom. The largest absolute Gasteiger partial charge is 0.514 e. The maximum Gasteiger partial charge on any atom is 0.514 e. The number of aliphatic carboxylic acids is 1. The molecule has 3 N–H and O–H groups in total. The fraction of sp³-hybridized carbons (Fsp3) is 0.484. The molecule has 2 aromatic carbocycles. The molecule has 0 spiro atoms. The molecule has 11 heteroatoms. The molecule has 0 bridgehead atoms. The third kappa shape index (κ3) is 10.4. The first-order valence-corrected chi connectivity index (χ1v) is 13.8. The van der Waals surface area contributed by atoms with Crippen LogP contribution in [0.25, 0.3) is 0 Å². The van der Waals surface area contributed by atoms with Crippen molar-refractivity contribution in [1.29, 1.82) is 0 Å². The van der Waals surface area contributed by atoms with Crippen LogP contribution >= 0.6 is 0 Å². The lowest BCUT2D eigenvalue weighted by Gasteiger charge is -2.26. The molecule has 0 aliphatic carbocycles. The average molecular weight is 588 g/mol. The fourth-order valence-electron chi connectivity index (χ4n) is 3.63. The van der Waals surface area contributed by atoms with Gasteiger partial charge >= 0.3 is 24.2 Å². The summed E-state index contributed by atoms with van der Waals surface area (Å²) in [6, 6.07) is 11.1. The fourth-order valence-corrected chi connectivity index (χ4v) is 3.63. The summed E-state index contributed by atoms with van der Waals surface area (Å²) in [5.74, 6) is -3.14. The predicted octanol–water partition coefficient (Wildman–Crippen LogP) is 6.23. The van der Waals surface area contributed by atoms with Gasteiger partial charge in [0.2, 0.25) is 0 Å². The zero-order chi connectivity index (χ0) is 31.7. The molecule has 0 saturated heterocycles. The Bertz CT molecular complexity index is 1240. The summed E-state index contributed by atoms with van der Waals surface area (Å²) in [6.45, 7) is 12.1. The number of esters is 1. The normalized spacial score (nSPS) is 13.7. The Morgan fingerprint density at radius 2 is 1.36 bits per heavy atom. The van der Waals surface area contributed by atoms with Gasteiger partial charge in [-0.25, -0.2) is 14.4 Å². The number of ether oxygens (including phenoxy) is 5. The summed E-state index contributed by atoms with van der Waals surface area (Å²) in [5, 5.41) is 9.74. The van der Waals surface area contributed by atoms with Crippen LogP contribution < -0.4 is 15.2 Å². The van der Waals surface area contributed by atoms with Crippen LogP contribution in [0.2, 0.25) is 0 Å². The number of hydrogen-bond donors (Lipinski definition) is 2. The number of rotatable bonds is 13. The van der Waals surface area contributed by atoms with Gasteiger partial charge in [-0.3, -0.25) is 4.79 Å². The Balaban J connectivity index is 2.42. The van der Waals surface area contributed by atoms with E-state index in [0.717, 1.165) is 0 Å². The molecule has 0 aromatic heterocycles. The van der Waals surface area contributed by atoms with E-state index in [2.05, 4.69) is 0 Å². The van der Waals surface area contributed by atoms with E-state index in [1.807, 2.05) is 13.8 Å². The molecule has 11 nitrogen and oxygen atoms in total. The van der Waals surface area contributed by atoms with Crippen LogP contribution in [0.1, 0.15) is 89.6 Å². The number of carbonyl (C=O) groups is 4. The van der Waals surface area contributed by atoms with Crippen molar-refractivity contribution in [3.05, 3.63) is 59.7 Å². The molecule has 0 heterocycles. The summed E-state index contributed by atoms with van der Waals surface area (Å²) < 4.78 is 27.0. The zero-order valence-corrected chi connectivity index (χ0v) is 25.2. The van der Waals surface area contributed by atoms with Gasteiger partial charge in [0.1, 0.15) is 23.3 Å². The van der Waals surface area contributed by atoms with Crippen molar-refractivity contribution in [1.82, 2.24) is 0 Å². The van der Waals surface area contributed by atoms with Gasteiger partial charge < -0.3 is 34.5 Å². The van der Waals surface area contributed by atoms with Crippen molar-refractivity contribution >= 4 is 24.2 Å². The highest BCUT2D eigenvalue weighted by atomic mass is 16.8. The Labute approximate surface area is 246 Å². The van der Waals surface area contributed by atoms with Crippen LogP contribution in [0, 0.1) is 0 Å².